The third-order valence-corrected chi connectivity index (χ3v) is 5.84. The van der Waals surface area contributed by atoms with Crippen LogP contribution < -0.4 is 0 Å². The van der Waals surface area contributed by atoms with Crippen LogP contribution in [0, 0.1) is 23.7 Å². The van der Waals surface area contributed by atoms with Gasteiger partial charge in [0.1, 0.15) is 0 Å². The molecule has 2 rings (SSSR count). The highest BCUT2D eigenvalue weighted by Crippen LogP contribution is 2.35. The smallest absolute Gasteiger partial charge is 0.0580 e. The molecule has 2 nitrogen and oxygen atoms in total. The van der Waals surface area contributed by atoms with Crippen molar-refractivity contribution in [3.63, 3.8) is 0 Å². The lowest BCUT2D eigenvalue weighted by Crippen LogP contribution is -2.44. The minimum absolute atomic E-state index is 0.0592. The standard InChI is InChI=1S/C19H37NO/c1-14(2)12-20(18-7-5-6-8-18)13-17-11-16(15(3)4)9-10-19(17)21/h14-19,21H,5-13H2,1-4H3. The molecule has 21 heavy (non-hydrogen) atoms. The van der Waals surface area contributed by atoms with Crippen LogP contribution in [-0.4, -0.2) is 35.2 Å². The van der Waals surface area contributed by atoms with E-state index < -0.39 is 0 Å². The van der Waals surface area contributed by atoms with Crippen molar-refractivity contribution < 1.29 is 5.11 Å². The Labute approximate surface area is 132 Å². The lowest BCUT2D eigenvalue weighted by molar-refractivity contribution is 0.00854. The van der Waals surface area contributed by atoms with Crippen LogP contribution in [0.5, 0.6) is 0 Å². The summed E-state index contributed by atoms with van der Waals surface area (Å²) in [7, 11) is 0. The Bertz CT molecular complexity index is 296. The summed E-state index contributed by atoms with van der Waals surface area (Å²) in [4.78, 5) is 2.73. The number of hydrogen-bond donors (Lipinski definition) is 1. The molecule has 0 radical (unpaired) electrons. The van der Waals surface area contributed by atoms with Crippen LogP contribution in [0.15, 0.2) is 0 Å². The van der Waals surface area contributed by atoms with E-state index in [0.29, 0.717) is 5.92 Å². The molecule has 0 aromatic carbocycles. The average molecular weight is 296 g/mol. The van der Waals surface area contributed by atoms with Crippen LogP contribution >= 0.6 is 0 Å². The van der Waals surface area contributed by atoms with Crippen molar-refractivity contribution in [2.45, 2.75) is 84.8 Å². The van der Waals surface area contributed by atoms with Crippen molar-refractivity contribution in [1.82, 2.24) is 4.90 Å². The second-order valence-electron chi connectivity index (χ2n) is 8.43. The molecule has 3 unspecified atom stereocenters. The molecule has 0 aromatic rings. The average Bonchev–Trinajstić information content (AvgIpc) is 2.93. The number of aliphatic hydroxyl groups excluding tert-OH is 1. The number of nitrogens with zero attached hydrogens (tertiary/aromatic N) is 1. The predicted molar refractivity (Wildman–Crippen MR) is 90.3 cm³/mol. The first kappa shape index (κ1) is 17.3. The molecule has 3 atom stereocenters. The lowest BCUT2D eigenvalue weighted by Gasteiger charge is -2.40. The zero-order valence-electron chi connectivity index (χ0n) is 14.7. The molecule has 2 fully saturated rings. The minimum atomic E-state index is -0.0592. The summed E-state index contributed by atoms with van der Waals surface area (Å²) in [5.41, 5.74) is 0. The molecule has 0 amide bonds. The SMILES string of the molecule is CC(C)CN(CC1CC(C(C)C)CCC1O)C1CCCC1. The third kappa shape index (κ3) is 4.96. The van der Waals surface area contributed by atoms with Gasteiger partial charge >= 0.3 is 0 Å². The van der Waals surface area contributed by atoms with Gasteiger partial charge < -0.3 is 5.11 Å². The molecule has 0 saturated heterocycles. The van der Waals surface area contributed by atoms with E-state index in [1.165, 1.54) is 45.1 Å². The van der Waals surface area contributed by atoms with E-state index in [1.54, 1.807) is 0 Å². The Morgan fingerprint density at radius 3 is 2.24 bits per heavy atom. The maximum atomic E-state index is 10.5. The van der Waals surface area contributed by atoms with Crippen molar-refractivity contribution in [2.75, 3.05) is 13.1 Å². The van der Waals surface area contributed by atoms with E-state index in [-0.39, 0.29) is 6.10 Å². The summed E-state index contributed by atoms with van der Waals surface area (Å²) >= 11 is 0. The topological polar surface area (TPSA) is 23.5 Å². The molecular weight excluding hydrogens is 258 g/mol. The van der Waals surface area contributed by atoms with Crippen LogP contribution in [-0.2, 0) is 0 Å². The Hall–Kier alpha value is -0.0800. The van der Waals surface area contributed by atoms with E-state index >= 15 is 0 Å². The molecule has 1 N–H and O–H groups in total. The van der Waals surface area contributed by atoms with Crippen LogP contribution in [0.1, 0.15) is 72.6 Å². The van der Waals surface area contributed by atoms with Gasteiger partial charge in [0, 0.05) is 19.1 Å². The molecule has 0 aliphatic heterocycles. The van der Waals surface area contributed by atoms with Crippen LogP contribution in [0.4, 0.5) is 0 Å². The Morgan fingerprint density at radius 1 is 1.00 bits per heavy atom. The van der Waals surface area contributed by atoms with Gasteiger partial charge in [0.25, 0.3) is 0 Å². The van der Waals surface area contributed by atoms with Crippen molar-refractivity contribution >= 4 is 0 Å². The number of hydrogen-bond acceptors (Lipinski definition) is 2. The fraction of sp³-hybridized carbons (Fsp3) is 1.00. The van der Waals surface area contributed by atoms with Gasteiger partial charge in [-0.25, -0.2) is 0 Å². The highest BCUT2D eigenvalue weighted by atomic mass is 16.3. The summed E-state index contributed by atoms with van der Waals surface area (Å²) in [6.45, 7) is 11.7. The Balaban J connectivity index is 1.96. The van der Waals surface area contributed by atoms with E-state index in [2.05, 4.69) is 32.6 Å². The lowest BCUT2D eigenvalue weighted by atomic mass is 9.74. The molecule has 0 spiro atoms. The minimum Gasteiger partial charge on any atom is -0.393 e. The molecule has 124 valence electrons. The van der Waals surface area contributed by atoms with E-state index in [1.807, 2.05) is 0 Å². The summed E-state index contributed by atoms with van der Waals surface area (Å²) in [5, 5.41) is 10.5. The maximum absolute atomic E-state index is 10.5. The van der Waals surface area contributed by atoms with Gasteiger partial charge in [-0.1, -0.05) is 40.5 Å². The van der Waals surface area contributed by atoms with E-state index in [9.17, 15) is 5.11 Å². The molecule has 2 aliphatic rings. The van der Waals surface area contributed by atoms with Crippen molar-refractivity contribution in [3.8, 4) is 0 Å². The van der Waals surface area contributed by atoms with Gasteiger partial charge in [0.2, 0.25) is 0 Å². The monoisotopic (exact) mass is 295 g/mol. The largest absolute Gasteiger partial charge is 0.393 e. The van der Waals surface area contributed by atoms with Gasteiger partial charge in [-0.2, -0.15) is 0 Å². The number of aliphatic hydroxyl groups is 1. The molecule has 0 aromatic heterocycles. The van der Waals surface area contributed by atoms with Gasteiger partial charge in [-0.15, -0.1) is 0 Å². The normalized spacial score (nSPS) is 31.7. The third-order valence-electron chi connectivity index (χ3n) is 5.84. The fourth-order valence-corrected chi connectivity index (χ4v) is 4.50. The summed E-state index contributed by atoms with van der Waals surface area (Å²) < 4.78 is 0. The fourth-order valence-electron chi connectivity index (χ4n) is 4.50. The first-order chi connectivity index (χ1) is 9.97. The summed E-state index contributed by atoms with van der Waals surface area (Å²) in [5.74, 6) is 2.82. The molecule has 2 saturated carbocycles. The first-order valence-electron chi connectivity index (χ1n) is 9.39. The van der Waals surface area contributed by atoms with Crippen LogP contribution in [0.25, 0.3) is 0 Å². The zero-order chi connectivity index (χ0) is 15.4. The van der Waals surface area contributed by atoms with E-state index in [0.717, 1.165) is 36.8 Å². The highest BCUT2D eigenvalue weighted by Gasteiger charge is 2.33. The zero-order valence-corrected chi connectivity index (χ0v) is 14.7. The van der Waals surface area contributed by atoms with Gasteiger partial charge in [-0.05, 0) is 55.8 Å². The Kier molecular flexibility index (Phi) is 6.55. The molecule has 2 heteroatoms. The van der Waals surface area contributed by atoms with Gasteiger partial charge in [-0.3, -0.25) is 4.90 Å². The highest BCUT2D eigenvalue weighted by molar-refractivity contribution is 4.86. The maximum Gasteiger partial charge on any atom is 0.0580 e. The molecule has 0 heterocycles. The molecular formula is C19H37NO. The number of rotatable bonds is 6. The van der Waals surface area contributed by atoms with Crippen molar-refractivity contribution in [3.05, 3.63) is 0 Å². The van der Waals surface area contributed by atoms with E-state index in [4.69, 9.17) is 0 Å². The van der Waals surface area contributed by atoms with Gasteiger partial charge in [0.15, 0.2) is 0 Å². The van der Waals surface area contributed by atoms with Crippen LogP contribution in [0.2, 0.25) is 0 Å². The second-order valence-corrected chi connectivity index (χ2v) is 8.43. The van der Waals surface area contributed by atoms with Crippen molar-refractivity contribution in [2.24, 2.45) is 23.7 Å². The first-order valence-corrected chi connectivity index (χ1v) is 9.39. The Morgan fingerprint density at radius 2 is 1.67 bits per heavy atom. The van der Waals surface area contributed by atoms with Gasteiger partial charge in [0.05, 0.1) is 6.10 Å². The second kappa shape index (κ2) is 7.97. The van der Waals surface area contributed by atoms with Crippen LogP contribution in [0.3, 0.4) is 0 Å². The predicted octanol–water partition coefficient (Wildman–Crippen LogP) is 4.32. The quantitative estimate of drug-likeness (QED) is 0.789. The molecule has 0 bridgehead atoms. The molecule has 2 aliphatic carbocycles. The van der Waals surface area contributed by atoms with Crippen molar-refractivity contribution in [1.29, 1.82) is 0 Å². The summed E-state index contributed by atoms with van der Waals surface area (Å²) in [6.07, 6.45) is 8.99. The summed E-state index contributed by atoms with van der Waals surface area (Å²) in [6, 6.07) is 0.791.